The fourth-order valence-corrected chi connectivity index (χ4v) is 1.02. The van der Waals surface area contributed by atoms with E-state index in [2.05, 4.69) is 5.32 Å². The van der Waals surface area contributed by atoms with Gasteiger partial charge in [-0.05, 0) is 30.7 Å². The van der Waals surface area contributed by atoms with Gasteiger partial charge in [-0.2, -0.15) is 0 Å². The molecule has 4 heteroatoms. The Morgan fingerprint density at radius 3 is 2.67 bits per heavy atom. The summed E-state index contributed by atoms with van der Waals surface area (Å²) in [4.78, 5) is 11.2. The molecule has 15 heavy (non-hydrogen) atoms. The number of benzene rings is 1. The molecule has 0 bridgehead atoms. The Morgan fingerprint density at radius 1 is 1.40 bits per heavy atom. The van der Waals surface area contributed by atoms with Crippen LogP contribution < -0.4 is 10.1 Å². The molecular weight excluding hydrogens is 194 g/mol. The molecule has 82 valence electrons. The summed E-state index contributed by atoms with van der Waals surface area (Å²) in [5, 5.41) is 11.6. The lowest BCUT2D eigenvalue weighted by Gasteiger charge is -2.05. The fourth-order valence-electron chi connectivity index (χ4n) is 1.02. The Kier molecular flexibility index (Phi) is 4.47. The highest BCUT2D eigenvalue weighted by Crippen LogP contribution is 2.15. The first kappa shape index (κ1) is 11.4. The van der Waals surface area contributed by atoms with Crippen LogP contribution in [0.25, 0.3) is 0 Å². The molecule has 0 aliphatic heterocycles. The van der Waals surface area contributed by atoms with E-state index < -0.39 is 6.09 Å². The largest absolute Gasteiger partial charge is 0.508 e. The maximum absolute atomic E-state index is 11.2. The van der Waals surface area contributed by atoms with Crippen LogP contribution in [0, 0.1) is 0 Å². The molecule has 0 unspecified atom stereocenters. The monoisotopic (exact) mass is 209 g/mol. The lowest BCUT2D eigenvalue weighted by atomic mass is 10.3. The minimum atomic E-state index is -0.464. The van der Waals surface area contributed by atoms with Gasteiger partial charge in [0.05, 0.1) is 0 Å². The number of phenolic OH excluding ortho intramolecular Hbond substituents is 1. The van der Waals surface area contributed by atoms with Crippen LogP contribution in [0.4, 0.5) is 4.79 Å². The van der Waals surface area contributed by atoms with E-state index in [1.54, 1.807) is 0 Å². The fraction of sp³-hybridized carbons (Fsp3) is 0.364. The van der Waals surface area contributed by atoms with Gasteiger partial charge >= 0.3 is 6.09 Å². The van der Waals surface area contributed by atoms with Crippen LogP contribution in [0.2, 0.25) is 0 Å². The van der Waals surface area contributed by atoms with Crippen molar-refractivity contribution < 1.29 is 14.6 Å². The summed E-state index contributed by atoms with van der Waals surface area (Å²) in [6, 6.07) is 6.01. The lowest BCUT2D eigenvalue weighted by Crippen LogP contribution is -2.27. The van der Waals surface area contributed by atoms with Crippen molar-refractivity contribution >= 4 is 6.09 Å². The molecule has 1 rings (SSSR count). The molecule has 0 saturated heterocycles. The number of hydrogen-bond acceptors (Lipinski definition) is 3. The van der Waals surface area contributed by atoms with Gasteiger partial charge in [0.25, 0.3) is 0 Å². The Labute approximate surface area is 88.9 Å². The highest BCUT2D eigenvalue weighted by atomic mass is 16.6. The number of ether oxygens (including phenoxy) is 1. The Morgan fingerprint density at radius 2 is 2.07 bits per heavy atom. The van der Waals surface area contributed by atoms with Crippen LogP contribution in [0.3, 0.4) is 0 Å². The maximum Gasteiger partial charge on any atom is 0.412 e. The first-order valence-electron chi connectivity index (χ1n) is 4.97. The number of hydrogen-bond donors (Lipinski definition) is 2. The number of phenols is 1. The zero-order valence-electron chi connectivity index (χ0n) is 8.69. The van der Waals surface area contributed by atoms with Crippen LogP contribution in [0.1, 0.15) is 19.8 Å². The van der Waals surface area contributed by atoms with Gasteiger partial charge in [-0.3, -0.25) is 0 Å². The molecule has 0 aliphatic carbocycles. The third-order valence-corrected chi connectivity index (χ3v) is 1.85. The van der Waals surface area contributed by atoms with Crippen molar-refractivity contribution in [1.82, 2.24) is 5.32 Å². The van der Waals surface area contributed by atoms with E-state index in [0.717, 1.165) is 12.8 Å². The minimum absolute atomic E-state index is 0.147. The van der Waals surface area contributed by atoms with Crippen LogP contribution in [-0.4, -0.2) is 17.7 Å². The molecule has 1 aromatic rings. The number of unbranched alkanes of at least 4 members (excludes halogenated alkanes) is 1. The average molecular weight is 209 g/mol. The quantitative estimate of drug-likeness (QED) is 0.748. The molecule has 2 N–H and O–H groups in total. The van der Waals surface area contributed by atoms with E-state index in [1.807, 2.05) is 6.92 Å². The molecule has 0 atom stereocenters. The maximum atomic E-state index is 11.2. The third kappa shape index (κ3) is 4.35. The van der Waals surface area contributed by atoms with Crippen molar-refractivity contribution in [3.05, 3.63) is 24.3 Å². The van der Waals surface area contributed by atoms with Gasteiger partial charge in [-0.15, -0.1) is 0 Å². The molecule has 1 amide bonds. The standard InChI is InChI=1S/C11H15NO3/c1-2-3-8-12-11(14)15-10-6-4-9(13)5-7-10/h4-7,13H,2-3,8H2,1H3,(H,12,14). The molecular formula is C11H15NO3. The van der Waals surface area contributed by atoms with Crippen LogP contribution in [0.5, 0.6) is 11.5 Å². The highest BCUT2D eigenvalue weighted by molar-refractivity contribution is 5.70. The normalized spacial score (nSPS) is 9.67. The summed E-state index contributed by atoms with van der Waals surface area (Å²) in [6.45, 7) is 2.67. The van der Waals surface area contributed by atoms with Gasteiger partial charge in [0.15, 0.2) is 0 Å². The van der Waals surface area contributed by atoms with Gasteiger partial charge < -0.3 is 15.2 Å². The Balaban J connectivity index is 2.34. The summed E-state index contributed by atoms with van der Waals surface area (Å²) >= 11 is 0. The number of amides is 1. The van der Waals surface area contributed by atoms with Crippen LogP contribution in [0.15, 0.2) is 24.3 Å². The Hall–Kier alpha value is -1.71. The van der Waals surface area contributed by atoms with E-state index in [-0.39, 0.29) is 5.75 Å². The number of nitrogens with one attached hydrogen (secondary N) is 1. The summed E-state index contributed by atoms with van der Waals surface area (Å²) in [5.41, 5.74) is 0. The van der Waals surface area contributed by atoms with Gasteiger partial charge in [0.2, 0.25) is 0 Å². The van der Waals surface area contributed by atoms with Crippen molar-refractivity contribution in [2.45, 2.75) is 19.8 Å². The molecule has 0 radical (unpaired) electrons. The first-order chi connectivity index (χ1) is 7.22. The molecule has 1 aromatic carbocycles. The van der Waals surface area contributed by atoms with Crippen molar-refractivity contribution in [3.8, 4) is 11.5 Å². The topological polar surface area (TPSA) is 58.6 Å². The zero-order chi connectivity index (χ0) is 11.1. The van der Waals surface area contributed by atoms with Crippen molar-refractivity contribution in [2.24, 2.45) is 0 Å². The van der Waals surface area contributed by atoms with E-state index in [1.165, 1.54) is 24.3 Å². The molecule has 0 aromatic heterocycles. The second-order valence-corrected chi connectivity index (χ2v) is 3.16. The average Bonchev–Trinajstić information content (AvgIpc) is 2.22. The summed E-state index contributed by atoms with van der Waals surface area (Å²) < 4.78 is 4.95. The number of rotatable bonds is 4. The third-order valence-electron chi connectivity index (χ3n) is 1.85. The molecule has 0 saturated carbocycles. The first-order valence-corrected chi connectivity index (χ1v) is 4.97. The van der Waals surface area contributed by atoms with E-state index in [4.69, 9.17) is 9.84 Å². The second kappa shape index (κ2) is 5.90. The number of carbonyl (C=O) groups is 1. The van der Waals surface area contributed by atoms with Gasteiger partial charge in [-0.1, -0.05) is 13.3 Å². The zero-order valence-corrected chi connectivity index (χ0v) is 8.69. The molecule has 0 heterocycles. The van der Waals surface area contributed by atoms with Crippen LogP contribution >= 0.6 is 0 Å². The Bertz CT molecular complexity index is 308. The summed E-state index contributed by atoms with van der Waals surface area (Å²) in [6.07, 6.45) is 1.50. The molecule has 0 spiro atoms. The van der Waals surface area contributed by atoms with Crippen molar-refractivity contribution in [3.63, 3.8) is 0 Å². The van der Waals surface area contributed by atoms with Crippen molar-refractivity contribution in [2.75, 3.05) is 6.54 Å². The SMILES string of the molecule is CCCCNC(=O)Oc1ccc(O)cc1. The number of aromatic hydroxyl groups is 1. The van der Waals surface area contributed by atoms with Crippen LogP contribution in [-0.2, 0) is 0 Å². The molecule has 0 fully saturated rings. The molecule has 4 nitrogen and oxygen atoms in total. The van der Waals surface area contributed by atoms with Gasteiger partial charge in [-0.25, -0.2) is 4.79 Å². The minimum Gasteiger partial charge on any atom is -0.508 e. The lowest BCUT2D eigenvalue weighted by molar-refractivity contribution is 0.200. The van der Waals surface area contributed by atoms with E-state index >= 15 is 0 Å². The summed E-state index contributed by atoms with van der Waals surface area (Å²) in [5.74, 6) is 0.565. The van der Waals surface area contributed by atoms with Gasteiger partial charge in [0, 0.05) is 6.54 Å². The molecule has 0 aliphatic rings. The van der Waals surface area contributed by atoms with E-state index in [0.29, 0.717) is 12.3 Å². The predicted octanol–water partition coefficient (Wildman–Crippen LogP) is 2.28. The highest BCUT2D eigenvalue weighted by Gasteiger charge is 2.02. The summed E-state index contributed by atoms with van der Waals surface area (Å²) in [7, 11) is 0. The smallest absolute Gasteiger partial charge is 0.412 e. The van der Waals surface area contributed by atoms with E-state index in [9.17, 15) is 4.79 Å². The second-order valence-electron chi connectivity index (χ2n) is 3.16. The number of carbonyl (C=O) groups excluding carboxylic acids is 1. The predicted molar refractivity (Wildman–Crippen MR) is 57.0 cm³/mol. The van der Waals surface area contributed by atoms with Crippen molar-refractivity contribution in [1.29, 1.82) is 0 Å². The van der Waals surface area contributed by atoms with Gasteiger partial charge in [0.1, 0.15) is 11.5 Å².